The van der Waals surface area contributed by atoms with E-state index in [0.29, 0.717) is 37.9 Å². The minimum atomic E-state index is -0.123. The fourth-order valence-corrected chi connectivity index (χ4v) is 16.3. The van der Waals surface area contributed by atoms with Crippen LogP contribution in [0.15, 0.2) is 258 Å². The Labute approximate surface area is 502 Å². The monoisotopic (exact) mass is 1160 g/mol. The molecule has 6 aliphatic rings. The first-order valence-electron chi connectivity index (χ1n) is 29.3. The van der Waals surface area contributed by atoms with E-state index in [4.69, 9.17) is 28.4 Å². The van der Waals surface area contributed by atoms with Gasteiger partial charge in [0.25, 0.3) is 0 Å². The van der Waals surface area contributed by atoms with E-state index in [1.807, 2.05) is 36.0 Å². The second-order valence-electron chi connectivity index (χ2n) is 22.9. The molecular weight excluding hydrogens is 1080 g/mol. The first kappa shape index (κ1) is 58.5. The van der Waals surface area contributed by atoms with Gasteiger partial charge in [0.2, 0.25) is 0 Å². The molecule has 0 spiro atoms. The van der Waals surface area contributed by atoms with Crippen LogP contribution in [0.5, 0.6) is 11.5 Å². The summed E-state index contributed by atoms with van der Waals surface area (Å²) in [6.07, 6.45) is 9.71. The van der Waals surface area contributed by atoms with Crippen molar-refractivity contribution in [3.8, 4) is 11.5 Å². The summed E-state index contributed by atoms with van der Waals surface area (Å²) in [6.45, 7) is 8.04. The number of hydrogen-bond acceptors (Lipinski definition) is 8. The Kier molecular flexibility index (Phi) is 19.5. The van der Waals surface area contributed by atoms with Gasteiger partial charge in [-0.25, -0.2) is 0 Å². The Morgan fingerprint density at radius 3 is 1.29 bits per heavy atom. The average Bonchev–Trinajstić information content (AvgIpc) is 4.48. The maximum absolute atomic E-state index is 12.0. The Bertz CT molecular complexity index is 3000. The molecule has 3 aliphatic carbocycles. The predicted octanol–water partition coefficient (Wildman–Crippen LogP) is 16.8. The molecule has 14 rings (SSSR count). The molecule has 83 heavy (non-hydrogen) atoms. The molecule has 0 aromatic heterocycles. The molecule has 428 valence electrons. The summed E-state index contributed by atoms with van der Waals surface area (Å²) in [5.41, 5.74) is 2.42. The van der Waals surface area contributed by atoms with Crippen LogP contribution in [0.4, 0.5) is 0 Å². The molecule has 7 nitrogen and oxygen atoms in total. The zero-order valence-electron chi connectivity index (χ0n) is 47.0. The van der Waals surface area contributed by atoms with E-state index in [-0.39, 0.29) is 58.7 Å². The molecule has 0 N–H and O–H groups in total. The van der Waals surface area contributed by atoms with Crippen molar-refractivity contribution in [1.29, 1.82) is 0 Å². The number of fused-ring (bicyclic) bond motifs is 2. The van der Waals surface area contributed by atoms with Gasteiger partial charge in [0.1, 0.15) is 36.9 Å². The van der Waals surface area contributed by atoms with E-state index in [1.54, 1.807) is 0 Å². The smallest absolute Gasteiger partial charge is 0.309 e. The lowest BCUT2D eigenvalue weighted by Crippen LogP contribution is -2.26. The molecule has 10 heteroatoms. The third-order valence-electron chi connectivity index (χ3n) is 16.5. The normalized spacial score (nSPS) is 22.4. The van der Waals surface area contributed by atoms with Crippen molar-refractivity contribution in [2.75, 3.05) is 33.0 Å². The van der Waals surface area contributed by atoms with E-state index < -0.39 is 0 Å². The van der Waals surface area contributed by atoms with Gasteiger partial charge in [0, 0.05) is 15.2 Å². The summed E-state index contributed by atoms with van der Waals surface area (Å²) in [5.74, 6) is 4.58. The van der Waals surface area contributed by atoms with Crippen molar-refractivity contribution in [2.24, 2.45) is 23.7 Å². The van der Waals surface area contributed by atoms with Gasteiger partial charge in [-0.05, 0) is 195 Å². The number of esters is 1. The van der Waals surface area contributed by atoms with Gasteiger partial charge in [-0.1, -0.05) is 130 Å². The van der Waals surface area contributed by atoms with Crippen LogP contribution in [0, 0.1) is 23.7 Å². The maximum Gasteiger partial charge on any atom is 0.309 e. The lowest BCUT2D eigenvalue weighted by Gasteiger charge is -2.26. The van der Waals surface area contributed by atoms with Crippen molar-refractivity contribution in [2.45, 2.75) is 135 Å². The molecule has 0 amide bonds. The third kappa shape index (κ3) is 15.9. The summed E-state index contributed by atoms with van der Waals surface area (Å²) in [7, 11) is -0.245. The molecule has 3 saturated heterocycles. The van der Waals surface area contributed by atoms with Crippen LogP contribution >= 0.6 is 11.8 Å². The molecule has 3 saturated carbocycles. The van der Waals surface area contributed by atoms with Crippen LogP contribution in [0.1, 0.15) is 77.3 Å². The molecule has 0 bridgehead atoms. The van der Waals surface area contributed by atoms with Gasteiger partial charge >= 0.3 is 5.97 Å². The SMILES string of the molecule is C.CC(C)(c1ccc(OCC2CO2)cc1)c1ccc(OCC2CO2)cc1.O=C(OCC1CCC2CC2C1)C1CCC2OC2C1.c1ccc([S+](c2ccccc2)c2ccc(Sc3ccc([S+](c4ccccc4)c4ccccc4)cc3)cc2)cc1. The quantitative estimate of drug-likeness (QED) is 0.0450. The topological polar surface area (TPSA) is 82.3 Å². The van der Waals surface area contributed by atoms with Crippen molar-refractivity contribution in [3.63, 3.8) is 0 Å². The predicted molar refractivity (Wildman–Crippen MR) is 335 cm³/mol. The van der Waals surface area contributed by atoms with E-state index in [0.717, 1.165) is 55.8 Å². The van der Waals surface area contributed by atoms with Gasteiger partial charge in [0.15, 0.2) is 29.4 Å². The average molecular weight is 1160 g/mol. The molecule has 0 radical (unpaired) electrons. The Balaban J connectivity index is 0.000000140. The van der Waals surface area contributed by atoms with E-state index in [9.17, 15) is 4.79 Å². The van der Waals surface area contributed by atoms with Crippen molar-refractivity contribution in [3.05, 3.63) is 230 Å². The fourth-order valence-electron chi connectivity index (χ4n) is 11.3. The highest BCUT2D eigenvalue weighted by molar-refractivity contribution is 7.99. The number of benzene rings is 8. The number of epoxide rings is 3. The summed E-state index contributed by atoms with van der Waals surface area (Å²) >= 11 is 1.82. The first-order valence-corrected chi connectivity index (χ1v) is 32.6. The molecule has 8 aromatic carbocycles. The van der Waals surface area contributed by atoms with Gasteiger partial charge in [0.05, 0.1) is 59.7 Å². The number of ether oxygens (including phenoxy) is 6. The highest BCUT2D eigenvalue weighted by atomic mass is 32.2. The van der Waals surface area contributed by atoms with Crippen LogP contribution in [0.2, 0.25) is 0 Å². The summed E-state index contributed by atoms with van der Waals surface area (Å²) < 4.78 is 32.8. The van der Waals surface area contributed by atoms with Gasteiger partial charge in [-0.15, -0.1) is 0 Å². The number of rotatable bonds is 19. The largest absolute Gasteiger partial charge is 0.491 e. The van der Waals surface area contributed by atoms with E-state index in [2.05, 4.69) is 208 Å². The lowest BCUT2D eigenvalue weighted by molar-refractivity contribution is -0.151. The van der Waals surface area contributed by atoms with Crippen LogP contribution in [0.3, 0.4) is 0 Å². The lowest BCUT2D eigenvalue weighted by atomic mass is 9.78. The number of hydrogen-bond donors (Lipinski definition) is 0. The molecule has 3 heterocycles. The highest BCUT2D eigenvalue weighted by Crippen LogP contribution is 2.51. The third-order valence-corrected chi connectivity index (χ3v) is 22.0. The molecule has 6 fully saturated rings. The minimum absolute atomic E-state index is 0. The second kappa shape index (κ2) is 27.6. The van der Waals surface area contributed by atoms with Crippen molar-refractivity contribution >= 4 is 39.5 Å². The van der Waals surface area contributed by atoms with Crippen LogP contribution in [0.25, 0.3) is 0 Å². The summed E-state index contributed by atoms with van der Waals surface area (Å²) in [5, 5.41) is 0. The van der Waals surface area contributed by atoms with Crippen LogP contribution in [-0.2, 0) is 50.9 Å². The second-order valence-corrected chi connectivity index (χ2v) is 28.1. The van der Waals surface area contributed by atoms with Gasteiger partial charge < -0.3 is 28.4 Å². The maximum atomic E-state index is 12.0. The van der Waals surface area contributed by atoms with E-state index in [1.165, 1.54) is 76.0 Å². The molecular formula is C73H78O7S3+2. The van der Waals surface area contributed by atoms with Crippen LogP contribution < -0.4 is 9.47 Å². The summed E-state index contributed by atoms with van der Waals surface area (Å²) in [4.78, 5) is 22.6. The first-order chi connectivity index (χ1) is 40.3. The summed E-state index contributed by atoms with van der Waals surface area (Å²) in [6, 6.07) is 78.2. The van der Waals surface area contributed by atoms with Crippen molar-refractivity contribution in [1.82, 2.24) is 0 Å². The van der Waals surface area contributed by atoms with Gasteiger partial charge in [-0.2, -0.15) is 0 Å². The minimum Gasteiger partial charge on any atom is -0.491 e. The standard InChI is InChI=1S/C36H28S3.C21H24O4.C15H22O3.CH4/c1-5-13-31(14-6-1)38(32-15-7-2-8-16-32)35-25-21-29(22-26-35)37-30-23-27-36(28-24-30)39(33-17-9-3-10-18-33)34-19-11-4-12-20-34;1-21(2,15-3-7-17(8-4-15)22-11-19-13-24-19)16-5-9-18(10-6-16)23-12-20-14-25-20;16-15(11-3-4-13-14(7-11)18-13)17-8-9-1-2-10-6-12(10)5-9;/h1-28H;3-10,19-20H,11-14H2,1-2H3;9-14H,1-8H2;1H4/q+2;;;. The molecule has 8 aromatic rings. The van der Waals surface area contributed by atoms with Crippen molar-refractivity contribution < 1.29 is 33.2 Å². The highest BCUT2D eigenvalue weighted by Gasteiger charge is 2.47. The Morgan fingerprint density at radius 1 is 0.470 bits per heavy atom. The molecule has 3 aliphatic heterocycles. The Hall–Kier alpha value is -6.24. The van der Waals surface area contributed by atoms with Gasteiger partial charge in [-0.3, -0.25) is 4.79 Å². The zero-order chi connectivity index (χ0) is 55.7. The fraction of sp³-hybridized carbons (Fsp3) is 0.329. The molecule has 8 atom stereocenters. The zero-order valence-corrected chi connectivity index (χ0v) is 49.4. The van der Waals surface area contributed by atoms with E-state index >= 15 is 0 Å². The number of carbonyl (C=O) groups excluding carboxylic acids is 1. The van der Waals surface area contributed by atoms with Crippen LogP contribution in [-0.4, -0.2) is 63.4 Å². The number of carbonyl (C=O) groups is 1. The Morgan fingerprint density at radius 2 is 0.892 bits per heavy atom. The molecule has 8 unspecified atom stereocenters.